The van der Waals surface area contributed by atoms with Gasteiger partial charge in [-0.05, 0) is 43.9 Å². The fourth-order valence-electron chi connectivity index (χ4n) is 3.52. The van der Waals surface area contributed by atoms with Gasteiger partial charge in [-0.25, -0.2) is 0 Å². The first kappa shape index (κ1) is 16.0. The first-order chi connectivity index (χ1) is 13.2. The van der Waals surface area contributed by atoms with Crippen LogP contribution in [0.25, 0.3) is 16.7 Å². The first-order valence-electron chi connectivity index (χ1n) is 9.11. The van der Waals surface area contributed by atoms with Crippen LogP contribution in [0.2, 0.25) is 0 Å². The Balaban J connectivity index is 1.39. The molecule has 4 aromatic heterocycles. The van der Waals surface area contributed by atoms with Crippen molar-refractivity contribution in [2.45, 2.75) is 37.8 Å². The smallest absolute Gasteiger partial charge is 0.247 e. The van der Waals surface area contributed by atoms with Gasteiger partial charge in [-0.3, -0.25) is 10.1 Å². The van der Waals surface area contributed by atoms with Crippen LogP contribution >= 0.6 is 0 Å². The van der Waals surface area contributed by atoms with Crippen LogP contribution in [0.15, 0.2) is 36.7 Å². The van der Waals surface area contributed by atoms with Crippen LogP contribution in [-0.2, 0) is 0 Å². The highest BCUT2D eigenvalue weighted by molar-refractivity contribution is 5.77. The molecule has 0 aliphatic heterocycles. The molecule has 9 heteroatoms. The van der Waals surface area contributed by atoms with E-state index in [4.69, 9.17) is 0 Å². The third kappa shape index (κ3) is 3.17. The molecule has 0 aromatic carbocycles. The van der Waals surface area contributed by atoms with Crippen molar-refractivity contribution < 1.29 is 5.11 Å². The van der Waals surface area contributed by atoms with Crippen LogP contribution in [0.4, 0.5) is 17.5 Å². The number of aromatic amines is 1. The molecule has 1 saturated carbocycles. The number of nitrogens with one attached hydrogen (secondary N) is 3. The molecule has 0 radical (unpaired) electrons. The maximum absolute atomic E-state index is 9.69. The van der Waals surface area contributed by atoms with Gasteiger partial charge in [0.15, 0.2) is 5.65 Å². The molecule has 27 heavy (non-hydrogen) atoms. The van der Waals surface area contributed by atoms with E-state index >= 15 is 0 Å². The summed E-state index contributed by atoms with van der Waals surface area (Å²) in [5.74, 6) is 1.40. The molecular weight excluding hydrogens is 344 g/mol. The molecule has 138 valence electrons. The summed E-state index contributed by atoms with van der Waals surface area (Å²) < 4.78 is 1.80. The fourth-order valence-corrected chi connectivity index (χ4v) is 3.52. The van der Waals surface area contributed by atoms with Crippen molar-refractivity contribution >= 4 is 34.1 Å². The number of nitrogens with zero attached hydrogens (tertiary/aromatic N) is 5. The summed E-state index contributed by atoms with van der Waals surface area (Å²) >= 11 is 0. The number of hydrogen-bond acceptors (Lipinski definition) is 7. The lowest BCUT2D eigenvalue weighted by atomic mass is 9.93. The molecule has 0 unspecified atom stereocenters. The molecule has 0 saturated heterocycles. The Hall–Kier alpha value is -3.20. The highest BCUT2D eigenvalue weighted by atomic mass is 16.3. The molecule has 4 heterocycles. The SMILES string of the molecule is OC1CCC(Nc2cccc3nc(Nc4cnc5cn[nH]c5c4)nn23)CC1. The zero-order chi connectivity index (χ0) is 18.2. The molecule has 0 amide bonds. The Morgan fingerprint density at radius 1 is 1.15 bits per heavy atom. The number of rotatable bonds is 4. The minimum atomic E-state index is -0.165. The number of anilines is 3. The largest absolute Gasteiger partial charge is 0.393 e. The van der Waals surface area contributed by atoms with Crippen LogP contribution in [0, 0.1) is 0 Å². The number of fused-ring (bicyclic) bond motifs is 2. The second-order valence-electron chi connectivity index (χ2n) is 6.92. The molecule has 0 atom stereocenters. The van der Waals surface area contributed by atoms with E-state index in [2.05, 4.69) is 35.9 Å². The van der Waals surface area contributed by atoms with Gasteiger partial charge >= 0.3 is 0 Å². The van der Waals surface area contributed by atoms with Crippen molar-refractivity contribution in [1.82, 2.24) is 29.8 Å². The average Bonchev–Trinajstić information content (AvgIpc) is 3.30. The van der Waals surface area contributed by atoms with Crippen molar-refractivity contribution in [2.75, 3.05) is 10.6 Å². The van der Waals surface area contributed by atoms with Gasteiger partial charge in [0.1, 0.15) is 11.3 Å². The van der Waals surface area contributed by atoms with Gasteiger partial charge in [0.05, 0.1) is 29.7 Å². The molecule has 0 spiro atoms. The lowest BCUT2D eigenvalue weighted by Crippen LogP contribution is -2.29. The van der Waals surface area contributed by atoms with Gasteiger partial charge < -0.3 is 15.7 Å². The predicted octanol–water partition coefficient (Wildman–Crippen LogP) is 2.46. The van der Waals surface area contributed by atoms with Gasteiger partial charge in [-0.1, -0.05) is 6.07 Å². The van der Waals surface area contributed by atoms with E-state index in [0.717, 1.165) is 53.9 Å². The molecule has 4 N–H and O–H groups in total. The topological polar surface area (TPSA) is 116 Å². The Labute approximate surface area is 154 Å². The van der Waals surface area contributed by atoms with Crippen LogP contribution in [0.5, 0.6) is 0 Å². The van der Waals surface area contributed by atoms with E-state index in [-0.39, 0.29) is 6.10 Å². The normalized spacial score (nSPS) is 20.2. The molecule has 1 aliphatic rings. The Morgan fingerprint density at radius 3 is 2.93 bits per heavy atom. The van der Waals surface area contributed by atoms with Gasteiger partial charge in [0.2, 0.25) is 5.95 Å². The predicted molar refractivity (Wildman–Crippen MR) is 102 cm³/mol. The van der Waals surface area contributed by atoms with Gasteiger partial charge in [-0.2, -0.15) is 14.6 Å². The highest BCUT2D eigenvalue weighted by Gasteiger charge is 2.20. The van der Waals surface area contributed by atoms with Crippen molar-refractivity contribution in [2.24, 2.45) is 0 Å². The molecule has 5 rings (SSSR count). The Kier molecular flexibility index (Phi) is 3.86. The average molecular weight is 364 g/mol. The van der Waals surface area contributed by atoms with Crippen molar-refractivity contribution in [3.8, 4) is 0 Å². The van der Waals surface area contributed by atoms with Crippen LogP contribution in [-0.4, -0.2) is 47.0 Å². The van der Waals surface area contributed by atoms with Gasteiger partial charge in [0, 0.05) is 6.04 Å². The number of aromatic nitrogens is 6. The van der Waals surface area contributed by atoms with Crippen molar-refractivity contribution in [1.29, 1.82) is 0 Å². The summed E-state index contributed by atoms with van der Waals surface area (Å²) in [4.78, 5) is 8.89. The summed E-state index contributed by atoms with van der Waals surface area (Å²) in [6.07, 6.45) is 6.82. The minimum Gasteiger partial charge on any atom is -0.393 e. The second-order valence-corrected chi connectivity index (χ2v) is 6.92. The van der Waals surface area contributed by atoms with Crippen molar-refractivity contribution in [3.05, 3.63) is 36.7 Å². The summed E-state index contributed by atoms with van der Waals surface area (Å²) in [5.41, 5.74) is 3.21. The second kappa shape index (κ2) is 6.51. The zero-order valence-corrected chi connectivity index (χ0v) is 14.6. The molecule has 1 fully saturated rings. The summed E-state index contributed by atoms with van der Waals surface area (Å²) in [6.45, 7) is 0. The third-order valence-corrected chi connectivity index (χ3v) is 4.95. The van der Waals surface area contributed by atoms with Crippen LogP contribution in [0.1, 0.15) is 25.7 Å². The Bertz CT molecular complexity index is 1080. The summed E-state index contributed by atoms with van der Waals surface area (Å²) in [5, 5.41) is 27.9. The van der Waals surface area contributed by atoms with Crippen LogP contribution in [0.3, 0.4) is 0 Å². The highest BCUT2D eigenvalue weighted by Crippen LogP contribution is 2.23. The molecule has 0 bridgehead atoms. The monoisotopic (exact) mass is 364 g/mol. The first-order valence-corrected chi connectivity index (χ1v) is 9.11. The summed E-state index contributed by atoms with van der Waals surface area (Å²) in [6, 6.07) is 8.14. The molecule has 1 aliphatic carbocycles. The number of H-pyrrole nitrogens is 1. The zero-order valence-electron chi connectivity index (χ0n) is 14.6. The number of aliphatic hydroxyl groups is 1. The standard InChI is InChI=1S/C18H20N8O/c27-13-6-4-11(5-7-13)21-16-2-1-3-17-23-18(25-26(16)17)22-12-8-14-15(19-9-12)10-20-24-14/h1-3,8-11,13,21,27H,4-7H2,(H,20,24)(H,22,25). The third-order valence-electron chi connectivity index (χ3n) is 4.95. The molecular formula is C18H20N8O. The lowest BCUT2D eigenvalue weighted by Gasteiger charge is -2.26. The van der Waals surface area contributed by atoms with Gasteiger partial charge in [0.25, 0.3) is 0 Å². The number of hydrogen-bond donors (Lipinski definition) is 4. The van der Waals surface area contributed by atoms with Gasteiger partial charge in [-0.15, -0.1) is 5.10 Å². The van der Waals surface area contributed by atoms with E-state index in [1.165, 1.54) is 0 Å². The quantitative estimate of drug-likeness (QED) is 0.439. The number of pyridine rings is 2. The van der Waals surface area contributed by atoms with E-state index in [9.17, 15) is 5.11 Å². The van der Waals surface area contributed by atoms with E-state index < -0.39 is 0 Å². The summed E-state index contributed by atoms with van der Waals surface area (Å²) in [7, 11) is 0. The fraction of sp³-hybridized carbons (Fsp3) is 0.333. The van der Waals surface area contributed by atoms with Crippen LogP contribution < -0.4 is 10.6 Å². The van der Waals surface area contributed by atoms with E-state index in [0.29, 0.717) is 12.0 Å². The van der Waals surface area contributed by atoms with E-state index in [1.807, 2.05) is 24.3 Å². The minimum absolute atomic E-state index is 0.165. The maximum Gasteiger partial charge on any atom is 0.247 e. The lowest BCUT2D eigenvalue weighted by molar-refractivity contribution is 0.126. The number of aliphatic hydroxyl groups excluding tert-OH is 1. The molecule has 4 aromatic rings. The molecule has 9 nitrogen and oxygen atoms in total. The van der Waals surface area contributed by atoms with E-state index in [1.54, 1.807) is 16.9 Å². The maximum atomic E-state index is 9.69. The van der Waals surface area contributed by atoms with Crippen molar-refractivity contribution in [3.63, 3.8) is 0 Å². The Morgan fingerprint density at radius 2 is 2.04 bits per heavy atom.